The highest BCUT2D eigenvalue weighted by atomic mass is 16.5. The number of benzene rings is 1. The molecular formula is C12H14O3. The number of hydrogen-bond acceptors (Lipinski definition) is 3. The summed E-state index contributed by atoms with van der Waals surface area (Å²) in [4.78, 5) is 10.3. The molecule has 1 rings (SSSR count). The molecule has 0 N–H and O–H groups in total. The Morgan fingerprint density at radius 3 is 2.40 bits per heavy atom. The molecule has 0 spiro atoms. The lowest BCUT2D eigenvalue weighted by molar-refractivity contribution is -0.104. The standard InChI is InChI=1S/C12H14O3/c1-9(6-7-13)10-4-5-11(14-2)12(8-10)15-3/h4-8H,1-3H3/b9-6+. The number of carbonyl (C=O) groups is 1. The third kappa shape index (κ3) is 2.59. The summed E-state index contributed by atoms with van der Waals surface area (Å²) in [5.41, 5.74) is 1.84. The Labute approximate surface area is 89.3 Å². The summed E-state index contributed by atoms with van der Waals surface area (Å²) in [5, 5.41) is 0. The van der Waals surface area contributed by atoms with Crippen molar-refractivity contribution in [2.75, 3.05) is 14.2 Å². The van der Waals surface area contributed by atoms with Crippen LogP contribution in [0, 0.1) is 0 Å². The Hall–Kier alpha value is -1.77. The third-order valence-corrected chi connectivity index (χ3v) is 2.16. The van der Waals surface area contributed by atoms with E-state index < -0.39 is 0 Å². The molecule has 0 aliphatic rings. The second-order valence-electron chi connectivity index (χ2n) is 3.06. The Morgan fingerprint density at radius 2 is 1.87 bits per heavy atom. The summed E-state index contributed by atoms with van der Waals surface area (Å²) >= 11 is 0. The average Bonchev–Trinajstić information content (AvgIpc) is 2.28. The molecule has 0 saturated carbocycles. The van der Waals surface area contributed by atoms with Gasteiger partial charge < -0.3 is 9.47 Å². The van der Waals surface area contributed by atoms with Crippen molar-refractivity contribution < 1.29 is 14.3 Å². The molecule has 0 aliphatic heterocycles. The van der Waals surface area contributed by atoms with E-state index in [1.165, 1.54) is 6.08 Å². The highest BCUT2D eigenvalue weighted by Gasteiger charge is 2.04. The molecule has 0 radical (unpaired) electrons. The number of hydrogen-bond donors (Lipinski definition) is 0. The Bertz CT molecular complexity index is 380. The van der Waals surface area contributed by atoms with Crippen LogP contribution in [0.2, 0.25) is 0 Å². The molecule has 0 fully saturated rings. The van der Waals surface area contributed by atoms with Gasteiger partial charge >= 0.3 is 0 Å². The zero-order valence-electron chi connectivity index (χ0n) is 9.11. The molecule has 1 aromatic carbocycles. The van der Waals surface area contributed by atoms with E-state index >= 15 is 0 Å². The van der Waals surface area contributed by atoms with E-state index in [2.05, 4.69) is 0 Å². The van der Waals surface area contributed by atoms with Crippen LogP contribution < -0.4 is 9.47 Å². The van der Waals surface area contributed by atoms with Gasteiger partial charge in [-0.05, 0) is 36.3 Å². The van der Waals surface area contributed by atoms with Gasteiger partial charge in [-0.2, -0.15) is 0 Å². The predicted molar refractivity (Wildman–Crippen MR) is 59.3 cm³/mol. The SMILES string of the molecule is COc1ccc(/C(C)=C/C=O)cc1OC. The van der Waals surface area contributed by atoms with Crippen molar-refractivity contribution in [1.29, 1.82) is 0 Å². The molecule has 0 atom stereocenters. The fourth-order valence-electron chi connectivity index (χ4n) is 1.28. The lowest BCUT2D eigenvalue weighted by Crippen LogP contribution is -1.91. The summed E-state index contributed by atoms with van der Waals surface area (Å²) < 4.78 is 10.3. The number of carbonyl (C=O) groups excluding carboxylic acids is 1. The molecular weight excluding hydrogens is 192 g/mol. The smallest absolute Gasteiger partial charge is 0.161 e. The van der Waals surface area contributed by atoms with Crippen molar-refractivity contribution in [2.45, 2.75) is 6.92 Å². The molecule has 80 valence electrons. The monoisotopic (exact) mass is 206 g/mol. The van der Waals surface area contributed by atoms with Crippen molar-refractivity contribution in [3.63, 3.8) is 0 Å². The van der Waals surface area contributed by atoms with E-state index in [-0.39, 0.29) is 0 Å². The van der Waals surface area contributed by atoms with Gasteiger partial charge in [-0.1, -0.05) is 6.07 Å². The quantitative estimate of drug-likeness (QED) is 0.560. The maximum Gasteiger partial charge on any atom is 0.161 e. The molecule has 1 aromatic rings. The second kappa shape index (κ2) is 5.20. The first kappa shape index (κ1) is 11.3. The van der Waals surface area contributed by atoms with Gasteiger partial charge in [-0.3, -0.25) is 4.79 Å². The van der Waals surface area contributed by atoms with E-state index in [0.29, 0.717) is 11.5 Å². The van der Waals surface area contributed by atoms with Crippen LogP contribution in [0.15, 0.2) is 24.3 Å². The normalized spacial score (nSPS) is 11.0. The summed E-state index contributed by atoms with van der Waals surface area (Å²) in [6, 6.07) is 5.54. The summed E-state index contributed by atoms with van der Waals surface area (Å²) in [5.74, 6) is 1.34. The van der Waals surface area contributed by atoms with Gasteiger partial charge in [0.1, 0.15) is 6.29 Å². The molecule has 3 heteroatoms. The number of ether oxygens (including phenoxy) is 2. The zero-order chi connectivity index (χ0) is 11.3. The van der Waals surface area contributed by atoms with Crippen LogP contribution in [0.5, 0.6) is 11.5 Å². The molecule has 0 unspecified atom stereocenters. The number of methoxy groups -OCH3 is 2. The van der Waals surface area contributed by atoms with E-state index in [4.69, 9.17) is 9.47 Å². The molecule has 0 aliphatic carbocycles. The Morgan fingerprint density at radius 1 is 1.20 bits per heavy atom. The Balaban J connectivity index is 3.13. The first-order valence-electron chi connectivity index (χ1n) is 4.57. The van der Waals surface area contributed by atoms with Gasteiger partial charge in [0.25, 0.3) is 0 Å². The lowest BCUT2D eigenvalue weighted by atomic mass is 10.1. The van der Waals surface area contributed by atoms with Crippen LogP contribution in [0.1, 0.15) is 12.5 Å². The first-order valence-corrected chi connectivity index (χ1v) is 4.57. The van der Waals surface area contributed by atoms with Crippen LogP contribution >= 0.6 is 0 Å². The minimum absolute atomic E-state index is 0.661. The molecule has 0 bridgehead atoms. The van der Waals surface area contributed by atoms with Crippen molar-refractivity contribution >= 4 is 11.9 Å². The van der Waals surface area contributed by atoms with Crippen LogP contribution in [0.25, 0.3) is 5.57 Å². The van der Waals surface area contributed by atoms with E-state index in [1.807, 2.05) is 25.1 Å². The van der Waals surface area contributed by atoms with Gasteiger partial charge in [0.05, 0.1) is 14.2 Å². The molecule has 3 nitrogen and oxygen atoms in total. The van der Waals surface area contributed by atoms with Crippen LogP contribution in [-0.4, -0.2) is 20.5 Å². The van der Waals surface area contributed by atoms with Gasteiger partial charge in [0.2, 0.25) is 0 Å². The summed E-state index contributed by atoms with van der Waals surface area (Å²) in [6.45, 7) is 1.87. The number of allylic oxidation sites excluding steroid dienone is 2. The fourth-order valence-corrected chi connectivity index (χ4v) is 1.28. The van der Waals surface area contributed by atoms with Gasteiger partial charge in [-0.25, -0.2) is 0 Å². The minimum atomic E-state index is 0.661. The van der Waals surface area contributed by atoms with Gasteiger partial charge in [0.15, 0.2) is 11.5 Å². The number of rotatable bonds is 4. The molecule has 0 saturated heterocycles. The van der Waals surface area contributed by atoms with Crippen LogP contribution in [0.4, 0.5) is 0 Å². The average molecular weight is 206 g/mol. The van der Waals surface area contributed by atoms with Gasteiger partial charge in [0, 0.05) is 0 Å². The summed E-state index contributed by atoms with van der Waals surface area (Å²) in [7, 11) is 3.17. The second-order valence-corrected chi connectivity index (χ2v) is 3.06. The predicted octanol–water partition coefficient (Wildman–Crippen LogP) is 2.31. The van der Waals surface area contributed by atoms with Crippen LogP contribution in [0.3, 0.4) is 0 Å². The maximum absolute atomic E-state index is 10.3. The first-order chi connectivity index (χ1) is 7.22. The molecule has 0 heterocycles. The van der Waals surface area contributed by atoms with E-state index in [1.54, 1.807) is 14.2 Å². The van der Waals surface area contributed by atoms with Crippen molar-refractivity contribution in [3.05, 3.63) is 29.8 Å². The molecule has 0 aromatic heterocycles. The van der Waals surface area contributed by atoms with Crippen molar-refractivity contribution in [2.24, 2.45) is 0 Å². The maximum atomic E-state index is 10.3. The van der Waals surface area contributed by atoms with E-state index in [0.717, 1.165) is 17.4 Å². The zero-order valence-corrected chi connectivity index (χ0v) is 9.11. The topological polar surface area (TPSA) is 35.5 Å². The highest BCUT2D eigenvalue weighted by molar-refractivity contribution is 5.81. The van der Waals surface area contributed by atoms with E-state index in [9.17, 15) is 4.79 Å². The fraction of sp³-hybridized carbons (Fsp3) is 0.250. The van der Waals surface area contributed by atoms with Crippen molar-refractivity contribution in [1.82, 2.24) is 0 Å². The van der Waals surface area contributed by atoms with Crippen molar-refractivity contribution in [3.8, 4) is 11.5 Å². The minimum Gasteiger partial charge on any atom is -0.493 e. The molecule has 15 heavy (non-hydrogen) atoms. The lowest BCUT2D eigenvalue weighted by Gasteiger charge is -2.09. The van der Waals surface area contributed by atoms with Gasteiger partial charge in [-0.15, -0.1) is 0 Å². The summed E-state index contributed by atoms with van der Waals surface area (Å²) in [6.07, 6.45) is 2.29. The Kier molecular flexibility index (Phi) is 3.92. The van der Waals surface area contributed by atoms with Crippen LogP contribution in [-0.2, 0) is 4.79 Å². The third-order valence-electron chi connectivity index (χ3n) is 2.16. The highest BCUT2D eigenvalue weighted by Crippen LogP contribution is 2.29. The largest absolute Gasteiger partial charge is 0.493 e. The molecule has 0 amide bonds. The number of aldehydes is 1.